The summed E-state index contributed by atoms with van der Waals surface area (Å²) >= 11 is 0. The minimum Gasteiger partial charge on any atom is -0.486 e. The summed E-state index contributed by atoms with van der Waals surface area (Å²) in [4.78, 5) is 25.5. The van der Waals surface area contributed by atoms with Crippen LogP contribution in [0.25, 0.3) is 0 Å². The Morgan fingerprint density at radius 1 is 1.12 bits per heavy atom. The van der Waals surface area contributed by atoms with E-state index in [2.05, 4.69) is 5.32 Å². The summed E-state index contributed by atoms with van der Waals surface area (Å²) in [6.45, 7) is 2.16. The molecule has 2 amide bonds. The van der Waals surface area contributed by atoms with E-state index in [0.29, 0.717) is 36.0 Å². The summed E-state index contributed by atoms with van der Waals surface area (Å²) in [5.41, 5.74) is 0.914. The minimum absolute atomic E-state index is 0.0540. The molecule has 3 rings (SSSR count). The number of fused-ring (bicyclic) bond motifs is 1. The molecule has 0 aromatic heterocycles. The Morgan fingerprint density at radius 3 is 2.58 bits per heavy atom. The highest BCUT2D eigenvalue weighted by Gasteiger charge is 2.19. The van der Waals surface area contributed by atoms with Crippen molar-refractivity contribution in [2.75, 3.05) is 24.7 Å². The van der Waals surface area contributed by atoms with Crippen LogP contribution in [0.15, 0.2) is 42.5 Å². The van der Waals surface area contributed by atoms with Gasteiger partial charge in [-0.2, -0.15) is 0 Å². The predicted octanol–water partition coefficient (Wildman–Crippen LogP) is 2.27. The van der Waals surface area contributed by atoms with Crippen LogP contribution in [0, 0.1) is 5.82 Å². The number of amides is 2. The third-order valence-electron chi connectivity index (χ3n) is 3.95. The number of benzene rings is 2. The van der Waals surface area contributed by atoms with Crippen molar-refractivity contribution in [1.82, 2.24) is 5.32 Å². The summed E-state index contributed by atoms with van der Waals surface area (Å²) in [5, 5.41) is 2.63. The third-order valence-corrected chi connectivity index (χ3v) is 3.95. The Labute approximate surface area is 150 Å². The van der Waals surface area contributed by atoms with Gasteiger partial charge in [0.1, 0.15) is 25.6 Å². The summed E-state index contributed by atoms with van der Waals surface area (Å²) < 4.78 is 24.6. The Balaban J connectivity index is 1.67. The number of rotatable bonds is 5. The Bertz CT molecular complexity index is 825. The van der Waals surface area contributed by atoms with Crippen LogP contribution in [0.3, 0.4) is 0 Å². The van der Waals surface area contributed by atoms with Gasteiger partial charge >= 0.3 is 0 Å². The number of nitrogens with zero attached hydrogens (tertiary/aromatic N) is 1. The SMILES string of the molecule is CC(=O)N(CC(=O)NCc1ccccc1F)c1ccc2c(c1)OCCO2. The smallest absolute Gasteiger partial charge is 0.240 e. The van der Waals surface area contributed by atoms with Gasteiger partial charge < -0.3 is 19.7 Å². The largest absolute Gasteiger partial charge is 0.486 e. The first-order valence-electron chi connectivity index (χ1n) is 8.22. The fraction of sp³-hybridized carbons (Fsp3) is 0.263. The second kappa shape index (κ2) is 7.86. The fourth-order valence-electron chi connectivity index (χ4n) is 2.62. The van der Waals surface area contributed by atoms with Crippen LogP contribution in [0.2, 0.25) is 0 Å². The summed E-state index contributed by atoms with van der Waals surface area (Å²) in [6.07, 6.45) is 0. The zero-order chi connectivity index (χ0) is 18.5. The highest BCUT2D eigenvalue weighted by Crippen LogP contribution is 2.34. The van der Waals surface area contributed by atoms with Crippen molar-refractivity contribution in [3.63, 3.8) is 0 Å². The number of anilines is 1. The van der Waals surface area contributed by atoms with Gasteiger partial charge in [0.15, 0.2) is 11.5 Å². The van der Waals surface area contributed by atoms with Crippen LogP contribution in [-0.4, -0.2) is 31.6 Å². The van der Waals surface area contributed by atoms with Crippen molar-refractivity contribution in [1.29, 1.82) is 0 Å². The average Bonchev–Trinajstić information content (AvgIpc) is 2.65. The van der Waals surface area contributed by atoms with Gasteiger partial charge in [-0.1, -0.05) is 18.2 Å². The lowest BCUT2D eigenvalue weighted by Gasteiger charge is -2.24. The lowest BCUT2D eigenvalue weighted by atomic mass is 10.2. The standard InChI is InChI=1S/C19H19FN2O4/c1-13(23)22(15-6-7-17-18(10-15)26-9-8-25-17)12-19(24)21-11-14-4-2-3-5-16(14)20/h2-7,10H,8-9,11-12H2,1H3,(H,21,24). The first kappa shape index (κ1) is 17.7. The number of halogens is 1. The summed E-state index contributed by atoms with van der Waals surface area (Å²) in [5.74, 6) is 0.0726. The molecule has 7 heteroatoms. The molecule has 1 aliphatic rings. The molecule has 0 atom stereocenters. The highest BCUT2D eigenvalue weighted by molar-refractivity contribution is 5.97. The topological polar surface area (TPSA) is 67.9 Å². The first-order valence-corrected chi connectivity index (χ1v) is 8.22. The lowest BCUT2D eigenvalue weighted by Crippen LogP contribution is -2.39. The molecule has 1 heterocycles. The van der Waals surface area contributed by atoms with E-state index in [1.807, 2.05) is 0 Å². The molecule has 6 nitrogen and oxygen atoms in total. The quantitative estimate of drug-likeness (QED) is 0.890. The number of ether oxygens (including phenoxy) is 2. The van der Waals surface area contributed by atoms with Crippen molar-refractivity contribution >= 4 is 17.5 Å². The van der Waals surface area contributed by atoms with Crippen molar-refractivity contribution in [3.8, 4) is 11.5 Å². The molecule has 1 aliphatic heterocycles. The lowest BCUT2D eigenvalue weighted by molar-refractivity contribution is -0.123. The van der Waals surface area contributed by atoms with Gasteiger partial charge in [-0.15, -0.1) is 0 Å². The maximum Gasteiger partial charge on any atom is 0.240 e. The molecule has 26 heavy (non-hydrogen) atoms. The second-order valence-electron chi connectivity index (χ2n) is 5.80. The van der Waals surface area contributed by atoms with E-state index in [1.165, 1.54) is 17.9 Å². The van der Waals surface area contributed by atoms with Crippen LogP contribution >= 0.6 is 0 Å². The van der Waals surface area contributed by atoms with E-state index in [9.17, 15) is 14.0 Å². The molecular weight excluding hydrogens is 339 g/mol. The molecule has 0 aliphatic carbocycles. The molecule has 0 radical (unpaired) electrons. The average molecular weight is 358 g/mol. The summed E-state index contributed by atoms with van der Waals surface area (Å²) in [6, 6.07) is 11.3. The molecule has 0 saturated heterocycles. The van der Waals surface area contributed by atoms with E-state index in [-0.39, 0.29) is 24.8 Å². The molecule has 2 aromatic rings. The van der Waals surface area contributed by atoms with E-state index in [0.717, 1.165) is 0 Å². The Hall–Kier alpha value is -3.09. The van der Waals surface area contributed by atoms with Gasteiger partial charge in [0, 0.05) is 30.8 Å². The van der Waals surface area contributed by atoms with E-state index in [1.54, 1.807) is 36.4 Å². The van der Waals surface area contributed by atoms with Crippen LogP contribution in [0.4, 0.5) is 10.1 Å². The van der Waals surface area contributed by atoms with E-state index >= 15 is 0 Å². The van der Waals surface area contributed by atoms with Gasteiger partial charge in [0.25, 0.3) is 0 Å². The third kappa shape index (κ3) is 4.11. The first-order chi connectivity index (χ1) is 12.5. The maximum absolute atomic E-state index is 13.6. The number of hydrogen-bond acceptors (Lipinski definition) is 4. The van der Waals surface area contributed by atoms with Crippen LogP contribution in [-0.2, 0) is 16.1 Å². The molecular formula is C19H19FN2O4. The van der Waals surface area contributed by atoms with Gasteiger partial charge in [0.2, 0.25) is 11.8 Å². The van der Waals surface area contributed by atoms with E-state index in [4.69, 9.17) is 9.47 Å². The maximum atomic E-state index is 13.6. The van der Waals surface area contributed by atoms with Crippen molar-refractivity contribution in [3.05, 3.63) is 53.8 Å². The van der Waals surface area contributed by atoms with Crippen LogP contribution in [0.1, 0.15) is 12.5 Å². The van der Waals surface area contributed by atoms with Gasteiger partial charge in [-0.3, -0.25) is 9.59 Å². The monoisotopic (exact) mass is 358 g/mol. The second-order valence-corrected chi connectivity index (χ2v) is 5.80. The Kier molecular flexibility index (Phi) is 5.36. The minimum atomic E-state index is -0.390. The van der Waals surface area contributed by atoms with Crippen LogP contribution in [0.5, 0.6) is 11.5 Å². The molecule has 0 saturated carbocycles. The zero-order valence-electron chi connectivity index (χ0n) is 14.3. The fourth-order valence-corrected chi connectivity index (χ4v) is 2.62. The predicted molar refractivity (Wildman–Crippen MR) is 93.7 cm³/mol. The van der Waals surface area contributed by atoms with Crippen molar-refractivity contribution in [2.45, 2.75) is 13.5 Å². The number of carbonyl (C=O) groups excluding carboxylic acids is 2. The van der Waals surface area contributed by atoms with E-state index < -0.39 is 5.91 Å². The molecule has 0 spiro atoms. The van der Waals surface area contributed by atoms with Gasteiger partial charge in [0.05, 0.1) is 0 Å². The van der Waals surface area contributed by atoms with Crippen molar-refractivity contribution < 1.29 is 23.5 Å². The molecule has 0 fully saturated rings. The molecule has 0 unspecified atom stereocenters. The molecule has 136 valence electrons. The number of carbonyl (C=O) groups is 2. The molecule has 0 bridgehead atoms. The van der Waals surface area contributed by atoms with Crippen molar-refractivity contribution in [2.24, 2.45) is 0 Å². The Morgan fingerprint density at radius 2 is 1.85 bits per heavy atom. The molecule has 2 aromatic carbocycles. The van der Waals surface area contributed by atoms with Gasteiger partial charge in [-0.25, -0.2) is 4.39 Å². The number of hydrogen-bond donors (Lipinski definition) is 1. The number of nitrogens with one attached hydrogen (secondary N) is 1. The molecule has 1 N–H and O–H groups in total. The van der Waals surface area contributed by atoms with Crippen LogP contribution < -0.4 is 19.7 Å². The van der Waals surface area contributed by atoms with Gasteiger partial charge in [-0.05, 0) is 18.2 Å². The summed E-state index contributed by atoms with van der Waals surface area (Å²) in [7, 11) is 0. The normalized spacial score (nSPS) is 12.4. The zero-order valence-corrected chi connectivity index (χ0v) is 14.3. The highest BCUT2D eigenvalue weighted by atomic mass is 19.1.